The molecule has 0 aliphatic rings. The first-order chi connectivity index (χ1) is 8.63. The van der Waals surface area contributed by atoms with Gasteiger partial charge in [-0.1, -0.05) is 44.6 Å². The lowest BCUT2D eigenvalue weighted by atomic mass is 10.1. The molecule has 1 N–H and O–H groups in total. The molecule has 0 saturated heterocycles. The zero-order valence-corrected chi connectivity index (χ0v) is 11.9. The molecule has 18 heavy (non-hydrogen) atoms. The minimum atomic E-state index is -0.701. The molecule has 104 valence electrons. The fourth-order valence-corrected chi connectivity index (χ4v) is 1.68. The van der Waals surface area contributed by atoms with Crippen LogP contribution in [0.5, 0.6) is 0 Å². The summed E-state index contributed by atoms with van der Waals surface area (Å²) in [6, 6.07) is 0. The summed E-state index contributed by atoms with van der Waals surface area (Å²) < 4.78 is 0. The van der Waals surface area contributed by atoms with Gasteiger partial charge in [0.25, 0.3) is 0 Å². The number of hydrogen-bond donors (Lipinski definition) is 1. The van der Waals surface area contributed by atoms with Gasteiger partial charge in [0.2, 0.25) is 0 Å². The quantitative estimate of drug-likeness (QED) is 0.417. The highest BCUT2D eigenvalue weighted by molar-refractivity contribution is 5.66. The van der Waals surface area contributed by atoms with Crippen molar-refractivity contribution in [1.29, 1.82) is 0 Å². The third-order valence-electron chi connectivity index (χ3n) is 2.75. The second-order valence-corrected chi connectivity index (χ2v) is 5.13. The van der Waals surface area contributed by atoms with E-state index in [2.05, 4.69) is 38.2 Å². The summed E-state index contributed by atoms with van der Waals surface area (Å²) >= 11 is 0. The lowest BCUT2D eigenvalue weighted by Crippen LogP contribution is -1.92. The van der Waals surface area contributed by atoms with Crippen LogP contribution in [0.1, 0.15) is 65.2 Å². The van der Waals surface area contributed by atoms with Crippen LogP contribution < -0.4 is 0 Å². The van der Waals surface area contributed by atoms with Gasteiger partial charge in [0, 0.05) is 6.42 Å². The molecule has 0 bridgehead atoms. The van der Waals surface area contributed by atoms with Gasteiger partial charge in [0.15, 0.2) is 0 Å². The van der Waals surface area contributed by atoms with Crippen LogP contribution in [0.25, 0.3) is 0 Å². The van der Waals surface area contributed by atoms with Crippen molar-refractivity contribution in [3.05, 3.63) is 24.3 Å². The summed E-state index contributed by atoms with van der Waals surface area (Å²) in [4.78, 5) is 10.3. The number of hydrogen-bond acceptors (Lipinski definition) is 1. The fraction of sp³-hybridized carbons (Fsp3) is 0.688. The Morgan fingerprint density at radius 3 is 1.94 bits per heavy atom. The molecule has 0 aliphatic heterocycles. The van der Waals surface area contributed by atoms with Crippen molar-refractivity contribution >= 4 is 5.97 Å². The average Bonchev–Trinajstić information content (AvgIpc) is 2.29. The molecule has 0 rings (SSSR count). The van der Waals surface area contributed by atoms with Gasteiger partial charge in [0.1, 0.15) is 0 Å². The Morgan fingerprint density at radius 1 is 0.944 bits per heavy atom. The van der Waals surface area contributed by atoms with E-state index in [1.54, 1.807) is 0 Å². The van der Waals surface area contributed by atoms with Crippen molar-refractivity contribution in [2.75, 3.05) is 0 Å². The first-order valence-electron chi connectivity index (χ1n) is 7.14. The second-order valence-electron chi connectivity index (χ2n) is 5.13. The number of rotatable bonds is 11. The van der Waals surface area contributed by atoms with Gasteiger partial charge >= 0.3 is 5.97 Å². The van der Waals surface area contributed by atoms with Crippen molar-refractivity contribution in [3.63, 3.8) is 0 Å². The lowest BCUT2D eigenvalue weighted by molar-refractivity contribution is -0.137. The van der Waals surface area contributed by atoms with Crippen molar-refractivity contribution in [1.82, 2.24) is 0 Å². The highest BCUT2D eigenvalue weighted by atomic mass is 16.4. The minimum Gasteiger partial charge on any atom is -0.481 e. The van der Waals surface area contributed by atoms with E-state index in [0.29, 0.717) is 0 Å². The predicted molar refractivity (Wildman–Crippen MR) is 77.7 cm³/mol. The van der Waals surface area contributed by atoms with E-state index in [4.69, 9.17) is 5.11 Å². The topological polar surface area (TPSA) is 37.3 Å². The van der Waals surface area contributed by atoms with Gasteiger partial charge in [-0.3, -0.25) is 4.79 Å². The number of carboxylic acid groups (broad SMARTS) is 1. The lowest BCUT2D eigenvalue weighted by Gasteiger charge is -2.00. The summed E-state index contributed by atoms with van der Waals surface area (Å²) in [6.07, 6.45) is 16.6. The number of allylic oxidation sites excluding steroid dienone is 4. The van der Waals surface area contributed by atoms with Gasteiger partial charge in [0.05, 0.1) is 0 Å². The maximum absolute atomic E-state index is 10.3. The standard InChI is InChI=1S/C16H28O2/c1-15(2)13-11-9-7-5-3-4-6-8-10-12-14-16(17)18/h5-8,15H,3-4,9-14H2,1-2H3,(H,17,18)/b7-5+,8-6+. The molecule has 0 heterocycles. The maximum atomic E-state index is 10.3. The van der Waals surface area contributed by atoms with Gasteiger partial charge in [-0.25, -0.2) is 0 Å². The zero-order chi connectivity index (χ0) is 13.6. The summed E-state index contributed by atoms with van der Waals surface area (Å²) in [5.74, 6) is 0.111. The van der Waals surface area contributed by atoms with Crippen molar-refractivity contribution in [2.45, 2.75) is 65.2 Å². The van der Waals surface area contributed by atoms with Crippen LogP contribution in [0.3, 0.4) is 0 Å². The van der Waals surface area contributed by atoms with Crippen LogP contribution in [0.4, 0.5) is 0 Å². The molecule has 0 aromatic heterocycles. The summed E-state index contributed by atoms with van der Waals surface area (Å²) in [5, 5.41) is 8.46. The molecule has 0 saturated carbocycles. The highest BCUT2D eigenvalue weighted by Gasteiger charge is 1.93. The Bertz CT molecular complexity index is 252. The van der Waals surface area contributed by atoms with Crippen molar-refractivity contribution in [2.24, 2.45) is 5.92 Å². The minimum absolute atomic E-state index is 0.278. The fourth-order valence-electron chi connectivity index (χ4n) is 1.68. The van der Waals surface area contributed by atoms with E-state index < -0.39 is 5.97 Å². The molecule has 0 aromatic carbocycles. The van der Waals surface area contributed by atoms with Crippen molar-refractivity contribution in [3.8, 4) is 0 Å². The highest BCUT2D eigenvalue weighted by Crippen LogP contribution is 2.07. The molecule has 0 unspecified atom stereocenters. The summed E-state index contributed by atoms with van der Waals surface area (Å²) in [7, 11) is 0. The monoisotopic (exact) mass is 252 g/mol. The van der Waals surface area contributed by atoms with Crippen LogP contribution in [0, 0.1) is 5.92 Å². The second kappa shape index (κ2) is 12.4. The molecule has 2 nitrogen and oxygen atoms in total. The third-order valence-corrected chi connectivity index (χ3v) is 2.75. The molecule has 0 amide bonds. The first-order valence-corrected chi connectivity index (χ1v) is 7.14. The van der Waals surface area contributed by atoms with E-state index in [9.17, 15) is 4.79 Å². The van der Waals surface area contributed by atoms with Crippen LogP contribution in [0.2, 0.25) is 0 Å². The Hall–Kier alpha value is -1.05. The summed E-state index contributed by atoms with van der Waals surface area (Å²) in [6.45, 7) is 4.53. The van der Waals surface area contributed by atoms with Gasteiger partial charge in [-0.2, -0.15) is 0 Å². The van der Waals surface area contributed by atoms with E-state index in [1.165, 1.54) is 19.3 Å². The molecule has 0 spiro atoms. The Kier molecular flexibility index (Phi) is 11.7. The summed E-state index contributed by atoms with van der Waals surface area (Å²) in [5.41, 5.74) is 0. The Labute approximate surface area is 112 Å². The smallest absolute Gasteiger partial charge is 0.303 e. The molecule has 2 heteroatoms. The third kappa shape index (κ3) is 14.9. The zero-order valence-electron chi connectivity index (χ0n) is 11.9. The number of aliphatic carboxylic acids is 1. The normalized spacial score (nSPS) is 11.9. The predicted octanol–water partition coefficient (Wildman–Crippen LogP) is 4.96. The number of unbranched alkanes of at least 4 members (excludes halogenated alkanes) is 3. The van der Waals surface area contributed by atoms with E-state index in [0.717, 1.165) is 31.6 Å². The van der Waals surface area contributed by atoms with Gasteiger partial charge in [-0.05, 0) is 44.4 Å². The van der Waals surface area contributed by atoms with Gasteiger partial charge in [-0.15, -0.1) is 0 Å². The van der Waals surface area contributed by atoms with Crippen LogP contribution in [0.15, 0.2) is 24.3 Å². The SMILES string of the molecule is CC(C)CCC/C=C/CC/C=C/CCCC(=O)O. The molecular formula is C16H28O2. The van der Waals surface area contributed by atoms with E-state index in [1.807, 2.05) is 0 Å². The van der Waals surface area contributed by atoms with E-state index in [-0.39, 0.29) is 6.42 Å². The Morgan fingerprint density at radius 2 is 1.44 bits per heavy atom. The van der Waals surface area contributed by atoms with Crippen LogP contribution in [-0.2, 0) is 4.79 Å². The molecule has 0 aliphatic carbocycles. The van der Waals surface area contributed by atoms with Crippen LogP contribution in [-0.4, -0.2) is 11.1 Å². The molecule has 0 radical (unpaired) electrons. The van der Waals surface area contributed by atoms with Gasteiger partial charge < -0.3 is 5.11 Å². The van der Waals surface area contributed by atoms with Crippen LogP contribution >= 0.6 is 0 Å². The molecular weight excluding hydrogens is 224 g/mol. The maximum Gasteiger partial charge on any atom is 0.303 e. The van der Waals surface area contributed by atoms with E-state index >= 15 is 0 Å². The first kappa shape index (κ1) is 16.9. The number of carbonyl (C=O) groups is 1. The Balaban J connectivity index is 3.25. The largest absolute Gasteiger partial charge is 0.481 e. The molecule has 0 atom stereocenters. The van der Waals surface area contributed by atoms with Crippen molar-refractivity contribution < 1.29 is 9.90 Å². The molecule has 0 aromatic rings. The average molecular weight is 252 g/mol. The molecule has 0 fully saturated rings. The number of carboxylic acids is 1.